The van der Waals surface area contributed by atoms with Gasteiger partial charge in [-0.3, -0.25) is 14.5 Å². The number of piperazine rings is 1. The second kappa shape index (κ2) is 9.21. The molecule has 3 heterocycles. The molecule has 0 atom stereocenters. The normalized spacial score (nSPS) is 16.1. The summed E-state index contributed by atoms with van der Waals surface area (Å²) in [6.45, 7) is 3.28. The smallest absolute Gasteiger partial charge is 0.416 e. The number of oxazole rings is 1. The zero-order chi connectivity index (χ0) is 25.4. The van der Waals surface area contributed by atoms with Crippen LogP contribution in [0, 0.1) is 6.92 Å². The van der Waals surface area contributed by atoms with Gasteiger partial charge in [-0.15, -0.1) is 0 Å². The Bertz CT molecular complexity index is 1300. The van der Waals surface area contributed by atoms with Gasteiger partial charge in [-0.25, -0.2) is 4.98 Å². The van der Waals surface area contributed by atoms with Crippen LogP contribution in [-0.4, -0.2) is 54.5 Å². The molecule has 0 saturated carbocycles. The summed E-state index contributed by atoms with van der Waals surface area (Å²) in [5.74, 6) is 0.216. The molecule has 36 heavy (non-hydrogen) atoms. The molecule has 11 heteroatoms. The van der Waals surface area contributed by atoms with Gasteiger partial charge in [0.2, 0.25) is 5.89 Å². The SMILES string of the molecule is Cc1ccc2c(c1)N(Cc1nc(C(=O)N3CCN(c4cccc(C(F)(F)F)c4)CC3)co1)C(=O)CO2. The Morgan fingerprint density at radius 1 is 1.08 bits per heavy atom. The van der Waals surface area contributed by atoms with Crippen LogP contribution in [0.1, 0.15) is 27.5 Å². The number of hydrogen-bond acceptors (Lipinski definition) is 6. The van der Waals surface area contributed by atoms with Crippen molar-refractivity contribution in [3.63, 3.8) is 0 Å². The number of ether oxygens (including phenoxy) is 1. The van der Waals surface area contributed by atoms with Crippen LogP contribution in [0.15, 0.2) is 53.1 Å². The van der Waals surface area contributed by atoms with E-state index in [1.165, 1.54) is 17.2 Å². The predicted molar refractivity (Wildman–Crippen MR) is 124 cm³/mol. The van der Waals surface area contributed by atoms with Gasteiger partial charge < -0.3 is 19.0 Å². The third-order valence-corrected chi connectivity index (χ3v) is 6.23. The van der Waals surface area contributed by atoms with E-state index in [2.05, 4.69) is 4.98 Å². The maximum atomic E-state index is 13.0. The summed E-state index contributed by atoms with van der Waals surface area (Å²) in [6.07, 6.45) is -3.15. The molecule has 0 N–H and O–H groups in total. The van der Waals surface area contributed by atoms with E-state index in [4.69, 9.17) is 9.15 Å². The molecule has 1 aromatic heterocycles. The Labute approximate surface area is 204 Å². The Hall–Kier alpha value is -4.02. The monoisotopic (exact) mass is 500 g/mol. The average Bonchev–Trinajstić information content (AvgIpc) is 3.34. The van der Waals surface area contributed by atoms with Crippen molar-refractivity contribution in [1.82, 2.24) is 9.88 Å². The Balaban J connectivity index is 1.23. The fraction of sp³-hybridized carbons (Fsp3) is 0.320. The third-order valence-electron chi connectivity index (χ3n) is 6.23. The lowest BCUT2D eigenvalue weighted by molar-refractivity contribution is -0.137. The Morgan fingerprint density at radius 3 is 2.61 bits per heavy atom. The molecule has 0 bridgehead atoms. The van der Waals surface area contributed by atoms with Gasteiger partial charge in [0, 0.05) is 31.9 Å². The minimum atomic E-state index is -4.41. The first-order valence-electron chi connectivity index (χ1n) is 11.4. The van der Waals surface area contributed by atoms with Crippen molar-refractivity contribution in [3.05, 3.63) is 71.4 Å². The van der Waals surface area contributed by atoms with Gasteiger partial charge in [0.15, 0.2) is 12.3 Å². The Kier molecular flexibility index (Phi) is 6.07. The van der Waals surface area contributed by atoms with Gasteiger partial charge in [0.05, 0.1) is 11.3 Å². The summed E-state index contributed by atoms with van der Waals surface area (Å²) in [4.78, 5) is 34.7. The molecule has 2 aliphatic heterocycles. The number of anilines is 2. The first kappa shape index (κ1) is 23.7. The number of rotatable bonds is 4. The molecule has 0 unspecified atom stereocenters. The van der Waals surface area contributed by atoms with Crippen molar-refractivity contribution in [1.29, 1.82) is 0 Å². The van der Waals surface area contributed by atoms with E-state index in [0.29, 0.717) is 43.3 Å². The lowest BCUT2D eigenvalue weighted by Gasteiger charge is -2.36. The van der Waals surface area contributed by atoms with E-state index in [1.807, 2.05) is 24.0 Å². The summed E-state index contributed by atoms with van der Waals surface area (Å²) in [5, 5.41) is 0. The van der Waals surface area contributed by atoms with E-state index in [1.54, 1.807) is 17.0 Å². The topological polar surface area (TPSA) is 79.1 Å². The highest BCUT2D eigenvalue weighted by Gasteiger charge is 2.32. The van der Waals surface area contributed by atoms with E-state index in [0.717, 1.165) is 17.7 Å². The van der Waals surface area contributed by atoms with Crippen molar-refractivity contribution in [3.8, 4) is 5.75 Å². The number of amides is 2. The molecule has 2 amide bonds. The van der Waals surface area contributed by atoms with Gasteiger partial charge in [0.1, 0.15) is 18.6 Å². The zero-order valence-corrected chi connectivity index (χ0v) is 19.4. The summed E-state index contributed by atoms with van der Waals surface area (Å²) in [6, 6.07) is 10.7. The van der Waals surface area contributed by atoms with Crippen molar-refractivity contribution >= 4 is 23.2 Å². The molecule has 0 aliphatic carbocycles. The number of nitrogens with zero attached hydrogens (tertiary/aromatic N) is 4. The lowest BCUT2D eigenvalue weighted by Crippen LogP contribution is -2.49. The summed E-state index contributed by atoms with van der Waals surface area (Å²) >= 11 is 0. The number of fused-ring (bicyclic) bond motifs is 1. The van der Waals surface area contributed by atoms with Crippen molar-refractivity contribution in [2.24, 2.45) is 0 Å². The number of halogens is 3. The summed E-state index contributed by atoms with van der Waals surface area (Å²) < 4.78 is 50.1. The highest BCUT2D eigenvalue weighted by molar-refractivity contribution is 5.97. The average molecular weight is 500 g/mol. The Morgan fingerprint density at radius 2 is 1.86 bits per heavy atom. The largest absolute Gasteiger partial charge is 0.482 e. The van der Waals surface area contributed by atoms with Gasteiger partial charge in [-0.2, -0.15) is 13.2 Å². The lowest BCUT2D eigenvalue weighted by atomic mass is 10.1. The zero-order valence-electron chi connectivity index (χ0n) is 19.4. The molecular weight excluding hydrogens is 477 g/mol. The summed E-state index contributed by atoms with van der Waals surface area (Å²) in [7, 11) is 0. The van der Waals surface area contributed by atoms with Crippen molar-refractivity contribution in [2.75, 3.05) is 42.6 Å². The molecule has 0 spiro atoms. The molecule has 8 nitrogen and oxygen atoms in total. The van der Waals surface area contributed by atoms with Gasteiger partial charge in [-0.05, 0) is 42.8 Å². The quantitative estimate of drug-likeness (QED) is 0.541. The number of aromatic nitrogens is 1. The first-order valence-corrected chi connectivity index (χ1v) is 11.4. The molecule has 188 valence electrons. The van der Waals surface area contributed by atoms with Gasteiger partial charge in [-0.1, -0.05) is 12.1 Å². The standard InChI is InChI=1S/C25H23F3N4O4/c1-16-5-6-21-20(11-16)32(23(33)15-35-21)13-22-29-19(14-36-22)24(34)31-9-7-30(8-10-31)18-4-2-3-17(12-18)25(26,27)28/h2-6,11-12,14H,7-10,13,15H2,1H3. The maximum absolute atomic E-state index is 13.0. The predicted octanol–water partition coefficient (Wildman–Crippen LogP) is 3.89. The van der Waals surface area contributed by atoms with Crippen LogP contribution in [-0.2, 0) is 17.5 Å². The van der Waals surface area contributed by atoms with E-state index in [-0.39, 0.29) is 36.6 Å². The van der Waals surface area contributed by atoms with Crippen molar-refractivity contribution < 1.29 is 31.9 Å². The van der Waals surface area contributed by atoms with E-state index < -0.39 is 11.7 Å². The van der Waals surface area contributed by atoms with E-state index in [9.17, 15) is 22.8 Å². The van der Waals surface area contributed by atoms with Crippen LogP contribution in [0.2, 0.25) is 0 Å². The molecule has 0 radical (unpaired) electrons. The number of carbonyl (C=O) groups excluding carboxylic acids is 2. The highest BCUT2D eigenvalue weighted by atomic mass is 19.4. The van der Waals surface area contributed by atoms with Gasteiger partial charge >= 0.3 is 6.18 Å². The minimum Gasteiger partial charge on any atom is -0.482 e. The number of benzene rings is 2. The number of hydrogen-bond donors (Lipinski definition) is 0. The summed E-state index contributed by atoms with van der Waals surface area (Å²) in [5.41, 5.74) is 1.45. The fourth-order valence-electron chi connectivity index (χ4n) is 4.31. The minimum absolute atomic E-state index is 0.0508. The number of aryl methyl sites for hydroxylation is 1. The number of carbonyl (C=O) groups is 2. The maximum Gasteiger partial charge on any atom is 0.416 e. The molecule has 3 aromatic rings. The van der Waals surface area contributed by atoms with E-state index >= 15 is 0 Å². The van der Waals surface area contributed by atoms with Crippen LogP contribution in [0.5, 0.6) is 5.75 Å². The van der Waals surface area contributed by atoms with Crippen molar-refractivity contribution in [2.45, 2.75) is 19.6 Å². The fourth-order valence-corrected chi connectivity index (χ4v) is 4.31. The highest BCUT2D eigenvalue weighted by Crippen LogP contribution is 2.34. The molecule has 1 saturated heterocycles. The second-order valence-electron chi connectivity index (χ2n) is 8.69. The molecule has 2 aromatic carbocycles. The number of alkyl halides is 3. The molecule has 5 rings (SSSR count). The van der Waals surface area contributed by atoms with Crippen LogP contribution in [0.4, 0.5) is 24.5 Å². The van der Waals surface area contributed by atoms with Crippen LogP contribution < -0.4 is 14.5 Å². The molecule has 2 aliphatic rings. The van der Waals surface area contributed by atoms with Gasteiger partial charge in [0.25, 0.3) is 11.8 Å². The van der Waals surface area contributed by atoms with Crippen LogP contribution in [0.25, 0.3) is 0 Å². The molecular formula is C25H23F3N4O4. The second-order valence-corrected chi connectivity index (χ2v) is 8.69. The van der Waals surface area contributed by atoms with Crippen LogP contribution >= 0.6 is 0 Å². The molecule has 1 fully saturated rings. The first-order chi connectivity index (χ1) is 17.2. The third kappa shape index (κ3) is 4.73. The van der Waals surface area contributed by atoms with Crippen LogP contribution in [0.3, 0.4) is 0 Å².